The third kappa shape index (κ3) is 13.5. The number of hydrogen-bond acceptors (Lipinski definition) is 10. The van der Waals surface area contributed by atoms with Crippen molar-refractivity contribution >= 4 is 36.1 Å². The van der Waals surface area contributed by atoms with Gasteiger partial charge < -0.3 is 23.6 Å². The molecule has 0 radical (unpaired) electrons. The first-order valence-corrected chi connectivity index (χ1v) is 17.4. The van der Waals surface area contributed by atoms with Gasteiger partial charge in [-0.1, -0.05) is 11.8 Å². The van der Waals surface area contributed by atoms with E-state index in [1.165, 1.54) is 17.0 Å². The Labute approximate surface area is 269 Å². The summed E-state index contributed by atoms with van der Waals surface area (Å²) in [5.74, 6) is 4.16. The number of aryl methyl sites for hydroxylation is 1. The molecule has 1 N–H and O–H groups in total. The second-order valence-electron chi connectivity index (χ2n) is 11.2. The lowest BCUT2D eigenvalue weighted by atomic mass is 10.2. The molecule has 2 aromatic rings. The van der Waals surface area contributed by atoms with Crippen molar-refractivity contribution in [2.45, 2.75) is 65.9 Å². The Morgan fingerprint density at radius 2 is 1.80 bits per heavy atom. The van der Waals surface area contributed by atoms with Crippen LogP contribution < -0.4 is 9.64 Å². The largest absolute Gasteiger partial charge is 0.491 e. The second kappa shape index (κ2) is 18.2. The van der Waals surface area contributed by atoms with Crippen LogP contribution in [0.1, 0.15) is 74.8 Å². The van der Waals surface area contributed by atoms with Crippen LogP contribution in [0.3, 0.4) is 0 Å². The molecule has 0 unspecified atom stereocenters. The first kappa shape index (κ1) is 38.2. The van der Waals surface area contributed by atoms with Crippen molar-refractivity contribution < 1.29 is 42.2 Å². The molecule has 0 saturated carbocycles. The molecule has 45 heavy (non-hydrogen) atoms. The van der Waals surface area contributed by atoms with Gasteiger partial charge in [-0.2, -0.15) is 0 Å². The predicted molar refractivity (Wildman–Crippen MR) is 173 cm³/mol. The topological polar surface area (TPSA) is 128 Å². The smallest absolute Gasteiger partial charge is 0.416 e. The zero-order chi connectivity index (χ0) is 33.6. The van der Waals surface area contributed by atoms with Crippen LogP contribution >= 0.6 is 18.9 Å². The minimum Gasteiger partial charge on any atom is -0.491 e. The van der Waals surface area contributed by atoms with Gasteiger partial charge in [-0.25, -0.2) is 19.0 Å². The number of nitrogens with zero attached hydrogens (tertiary/aromatic N) is 3. The molecule has 0 fully saturated rings. The van der Waals surface area contributed by atoms with Crippen LogP contribution in [-0.2, 0) is 24.8 Å². The van der Waals surface area contributed by atoms with E-state index < -0.39 is 31.1 Å². The molecule has 1 amide bonds. The summed E-state index contributed by atoms with van der Waals surface area (Å²) in [6, 6.07) is 4.51. The Kier molecular flexibility index (Phi) is 15.5. The van der Waals surface area contributed by atoms with Gasteiger partial charge in [0.15, 0.2) is 22.4 Å². The van der Waals surface area contributed by atoms with Crippen molar-refractivity contribution in [3.63, 3.8) is 0 Å². The molecule has 14 heteroatoms. The fourth-order valence-electron chi connectivity index (χ4n) is 3.92. The van der Waals surface area contributed by atoms with Crippen LogP contribution in [-0.4, -0.2) is 85.8 Å². The number of halogens is 1. The molecule has 1 heterocycles. The number of anilines is 1. The fourth-order valence-corrected chi connectivity index (χ4v) is 6.76. The highest BCUT2D eigenvalue weighted by Crippen LogP contribution is 2.48. The molecule has 11 nitrogen and oxygen atoms in total. The van der Waals surface area contributed by atoms with Gasteiger partial charge in [0, 0.05) is 17.0 Å². The van der Waals surface area contributed by atoms with Crippen LogP contribution in [0.5, 0.6) is 5.75 Å². The number of carboxylic acids is 1. The molecule has 1 aromatic heterocycles. The number of ether oxygens (including phenoxy) is 2. The van der Waals surface area contributed by atoms with E-state index in [1.54, 1.807) is 40.7 Å². The highest BCUT2D eigenvalue weighted by molar-refractivity contribution is 7.53. The van der Waals surface area contributed by atoms with Crippen molar-refractivity contribution in [2.24, 2.45) is 0 Å². The Hall–Kier alpha value is -3.01. The molecule has 0 aliphatic rings. The predicted octanol–water partition coefficient (Wildman–Crippen LogP) is 6.69. The lowest BCUT2D eigenvalue weighted by Gasteiger charge is -2.26. The minimum atomic E-state index is -3.25. The third-order valence-corrected chi connectivity index (χ3v) is 9.12. The summed E-state index contributed by atoms with van der Waals surface area (Å²) in [7, 11) is 0.545. The van der Waals surface area contributed by atoms with Crippen molar-refractivity contribution in [1.82, 2.24) is 9.88 Å². The first-order chi connectivity index (χ1) is 21.2. The molecule has 250 valence electrons. The highest BCUT2D eigenvalue weighted by atomic mass is 32.1. The second-order valence-corrected chi connectivity index (χ2v) is 14.5. The third-order valence-electron chi connectivity index (χ3n) is 5.81. The average molecular weight is 670 g/mol. The molecule has 0 aliphatic heterocycles. The summed E-state index contributed by atoms with van der Waals surface area (Å²) in [5.41, 5.74) is -0.432. The van der Waals surface area contributed by atoms with Gasteiger partial charge in [0.05, 0.1) is 32.5 Å². The molecule has 0 aliphatic carbocycles. The minimum absolute atomic E-state index is 0.0749. The Morgan fingerprint density at radius 3 is 2.38 bits per heavy atom. The van der Waals surface area contributed by atoms with Gasteiger partial charge in [0.1, 0.15) is 5.60 Å². The number of aromatic nitrogens is 1. The van der Waals surface area contributed by atoms with E-state index in [9.17, 15) is 23.7 Å². The Bertz CT molecular complexity index is 1370. The molecule has 0 spiro atoms. The van der Waals surface area contributed by atoms with Crippen molar-refractivity contribution in [3.05, 3.63) is 40.2 Å². The maximum Gasteiger partial charge on any atom is 0.416 e. The Morgan fingerprint density at radius 1 is 1.11 bits per heavy atom. The number of carbonyl (C=O) groups excluding carboxylic acids is 1. The summed E-state index contributed by atoms with van der Waals surface area (Å²) in [5, 5.41) is 10.0. The normalized spacial score (nSPS) is 11.7. The van der Waals surface area contributed by atoms with E-state index in [0.717, 1.165) is 11.3 Å². The number of carbonyl (C=O) groups is 2. The van der Waals surface area contributed by atoms with Gasteiger partial charge in [-0.3, -0.25) is 14.4 Å². The number of hydrogen-bond donors (Lipinski definition) is 1. The standard InChI is InChI=1S/C31H45FN3O8PS/c1-8-41-44(39,42-9-2)21-11-10-19-35(30(38)43-31(3,4)5)29-33-27(28(36)37)26(45-29)15-13-20-40-25-17-16-23(22-24(25)32)14-12-18-34(6)7/h16-17,22H,8-11,13,15,18-21H2,1-7H3,(H,36,37). The van der Waals surface area contributed by atoms with Crippen LogP contribution in [0.2, 0.25) is 0 Å². The maximum atomic E-state index is 14.5. The number of benzene rings is 1. The molecular formula is C31H45FN3O8PS. The maximum absolute atomic E-state index is 14.5. The first-order valence-electron chi connectivity index (χ1n) is 14.9. The van der Waals surface area contributed by atoms with Crippen molar-refractivity contribution in [3.8, 4) is 17.6 Å². The van der Waals surface area contributed by atoms with Crippen LogP contribution in [0, 0.1) is 17.7 Å². The number of aromatic carboxylic acids is 1. The lowest BCUT2D eigenvalue weighted by molar-refractivity contribution is 0.0577. The van der Waals surface area contributed by atoms with Crippen LogP contribution in [0.15, 0.2) is 18.2 Å². The van der Waals surface area contributed by atoms with E-state index in [-0.39, 0.29) is 55.5 Å². The van der Waals surface area contributed by atoms with Gasteiger partial charge in [-0.15, -0.1) is 11.3 Å². The summed E-state index contributed by atoms with van der Waals surface area (Å²) >= 11 is 1.07. The van der Waals surface area contributed by atoms with Gasteiger partial charge >= 0.3 is 19.7 Å². The van der Waals surface area contributed by atoms with Crippen molar-refractivity contribution in [2.75, 3.05) is 58.1 Å². The number of rotatable bonds is 17. The molecule has 1 aromatic carbocycles. The number of unbranched alkanes of at least 4 members (excludes halogenated alkanes) is 1. The number of amides is 1. The van der Waals surface area contributed by atoms with Crippen LogP contribution in [0.4, 0.5) is 14.3 Å². The summed E-state index contributed by atoms with van der Waals surface area (Å²) < 4.78 is 49.2. The molecule has 0 saturated heterocycles. The lowest BCUT2D eigenvalue weighted by Crippen LogP contribution is -2.37. The molecule has 0 bridgehead atoms. The monoisotopic (exact) mass is 669 g/mol. The average Bonchev–Trinajstić information content (AvgIpc) is 3.35. The molecule has 2 rings (SSSR count). The zero-order valence-electron chi connectivity index (χ0n) is 27.2. The summed E-state index contributed by atoms with van der Waals surface area (Å²) in [4.78, 5) is 33.1. The van der Waals surface area contributed by atoms with E-state index in [2.05, 4.69) is 16.8 Å². The van der Waals surface area contributed by atoms with E-state index >= 15 is 0 Å². The fraction of sp³-hybridized carbons (Fsp3) is 0.581. The Balaban J connectivity index is 2.12. The SMILES string of the molecule is CCOP(=O)(CCCCN(C(=O)OC(C)(C)C)c1nc(C(=O)O)c(CCCOc2ccc(C#CCN(C)C)cc2F)s1)OCC. The summed E-state index contributed by atoms with van der Waals surface area (Å²) in [6.07, 6.45) is 1.00. The van der Waals surface area contributed by atoms with Gasteiger partial charge in [0.25, 0.3) is 0 Å². The van der Waals surface area contributed by atoms with E-state index in [0.29, 0.717) is 36.2 Å². The highest BCUT2D eigenvalue weighted by Gasteiger charge is 2.29. The quantitative estimate of drug-likeness (QED) is 0.111. The zero-order valence-corrected chi connectivity index (χ0v) is 28.9. The molecular weight excluding hydrogens is 624 g/mol. The van der Waals surface area contributed by atoms with Crippen molar-refractivity contribution in [1.29, 1.82) is 0 Å². The van der Waals surface area contributed by atoms with E-state index in [1.807, 2.05) is 19.0 Å². The van der Waals surface area contributed by atoms with Crippen LogP contribution in [0.25, 0.3) is 0 Å². The van der Waals surface area contributed by atoms with E-state index in [4.69, 9.17) is 18.5 Å². The number of carboxylic acid groups (broad SMARTS) is 1. The van der Waals surface area contributed by atoms with Gasteiger partial charge in [-0.05, 0) is 92.6 Å². The van der Waals surface area contributed by atoms with Gasteiger partial charge in [0.2, 0.25) is 0 Å². The molecule has 0 atom stereocenters. The summed E-state index contributed by atoms with van der Waals surface area (Å²) in [6.45, 7) is 10.0. The number of thiazole rings is 1.